The summed E-state index contributed by atoms with van der Waals surface area (Å²) in [6.45, 7) is 1.49. The first kappa shape index (κ1) is 11.7. The van der Waals surface area contributed by atoms with Gasteiger partial charge < -0.3 is 15.2 Å². The molecular formula is C12H16ClNO2. The number of aliphatic hydroxyl groups excluding tert-OH is 1. The summed E-state index contributed by atoms with van der Waals surface area (Å²) in [5.41, 5.74) is 0.687. The fourth-order valence-electron chi connectivity index (χ4n) is 1.96. The van der Waals surface area contributed by atoms with Gasteiger partial charge in [0.2, 0.25) is 0 Å². The summed E-state index contributed by atoms with van der Waals surface area (Å²) < 4.78 is 5.31. The van der Waals surface area contributed by atoms with Crippen molar-refractivity contribution in [2.24, 2.45) is 0 Å². The second kappa shape index (κ2) is 5.04. The molecule has 0 amide bonds. The average Bonchev–Trinajstić information content (AvgIpc) is 2.30. The van der Waals surface area contributed by atoms with Crippen LogP contribution in [-0.2, 0) is 4.74 Å². The van der Waals surface area contributed by atoms with E-state index in [0.717, 1.165) is 18.5 Å². The van der Waals surface area contributed by atoms with Gasteiger partial charge in [-0.3, -0.25) is 0 Å². The fraction of sp³-hybridized carbons (Fsp3) is 0.500. The van der Waals surface area contributed by atoms with Crippen molar-refractivity contribution >= 4 is 17.3 Å². The van der Waals surface area contributed by atoms with Crippen molar-refractivity contribution in [1.82, 2.24) is 0 Å². The van der Waals surface area contributed by atoms with Crippen molar-refractivity contribution in [3.8, 4) is 0 Å². The van der Waals surface area contributed by atoms with Crippen LogP contribution >= 0.6 is 11.6 Å². The van der Waals surface area contributed by atoms with Crippen LogP contribution in [0.2, 0.25) is 5.02 Å². The van der Waals surface area contributed by atoms with E-state index in [1.165, 1.54) is 0 Å². The standard InChI is InChI=1S/C12H16ClNO2/c13-10-2-1-3-11(8-10)14-12(9-15)4-6-16-7-5-12/h1-3,8,14-15H,4-7,9H2. The summed E-state index contributed by atoms with van der Waals surface area (Å²) in [5, 5.41) is 13.6. The molecule has 0 saturated carbocycles. The van der Waals surface area contributed by atoms with E-state index < -0.39 is 0 Å². The number of nitrogens with one attached hydrogen (secondary N) is 1. The van der Waals surface area contributed by atoms with Gasteiger partial charge in [-0.05, 0) is 31.0 Å². The molecule has 2 rings (SSSR count). The normalized spacial score (nSPS) is 19.4. The van der Waals surface area contributed by atoms with E-state index in [1.54, 1.807) is 0 Å². The van der Waals surface area contributed by atoms with Gasteiger partial charge in [-0.1, -0.05) is 17.7 Å². The zero-order chi connectivity index (χ0) is 11.4. The highest BCUT2D eigenvalue weighted by Gasteiger charge is 2.31. The minimum Gasteiger partial charge on any atom is -0.394 e. The summed E-state index contributed by atoms with van der Waals surface area (Å²) in [6.07, 6.45) is 1.63. The second-order valence-corrected chi connectivity index (χ2v) is 4.62. The molecule has 0 radical (unpaired) electrons. The number of ether oxygens (including phenoxy) is 1. The van der Waals surface area contributed by atoms with Crippen LogP contribution in [0.3, 0.4) is 0 Å². The number of halogens is 1. The molecule has 1 fully saturated rings. The lowest BCUT2D eigenvalue weighted by atomic mass is 9.90. The molecule has 4 heteroatoms. The fourth-order valence-corrected chi connectivity index (χ4v) is 2.15. The Bertz CT molecular complexity index is 351. The number of hydrogen-bond donors (Lipinski definition) is 2. The topological polar surface area (TPSA) is 41.5 Å². The van der Waals surface area contributed by atoms with Gasteiger partial charge in [0.1, 0.15) is 0 Å². The Balaban J connectivity index is 2.11. The van der Waals surface area contributed by atoms with Crippen LogP contribution < -0.4 is 5.32 Å². The lowest BCUT2D eigenvalue weighted by molar-refractivity contribution is 0.0380. The van der Waals surface area contributed by atoms with Gasteiger partial charge in [-0.2, -0.15) is 0 Å². The van der Waals surface area contributed by atoms with Crippen molar-refractivity contribution in [2.45, 2.75) is 18.4 Å². The molecule has 0 spiro atoms. The van der Waals surface area contributed by atoms with Gasteiger partial charge >= 0.3 is 0 Å². The molecule has 2 N–H and O–H groups in total. The zero-order valence-corrected chi connectivity index (χ0v) is 9.83. The number of aliphatic hydroxyl groups is 1. The Hall–Kier alpha value is -0.770. The van der Waals surface area contributed by atoms with E-state index in [1.807, 2.05) is 24.3 Å². The zero-order valence-electron chi connectivity index (χ0n) is 9.08. The summed E-state index contributed by atoms with van der Waals surface area (Å²) in [5.74, 6) is 0. The van der Waals surface area contributed by atoms with Gasteiger partial charge in [0.15, 0.2) is 0 Å². The molecule has 0 aliphatic carbocycles. The first-order chi connectivity index (χ1) is 7.74. The maximum absolute atomic E-state index is 9.52. The van der Waals surface area contributed by atoms with Crippen LogP contribution in [0, 0.1) is 0 Å². The van der Waals surface area contributed by atoms with E-state index in [0.29, 0.717) is 18.2 Å². The predicted molar refractivity (Wildman–Crippen MR) is 64.9 cm³/mol. The third kappa shape index (κ3) is 2.67. The lowest BCUT2D eigenvalue weighted by Crippen LogP contribution is -2.46. The van der Waals surface area contributed by atoms with Crippen LogP contribution in [0.5, 0.6) is 0 Å². The Morgan fingerprint density at radius 2 is 2.12 bits per heavy atom. The molecule has 0 unspecified atom stereocenters. The quantitative estimate of drug-likeness (QED) is 0.853. The Kier molecular flexibility index (Phi) is 3.69. The molecule has 1 aromatic carbocycles. The smallest absolute Gasteiger partial charge is 0.0663 e. The molecule has 88 valence electrons. The molecule has 1 heterocycles. The lowest BCUT2D eigenvalue weighted by Gasteiger charge is -2.37. The van der Waals surface area contributed by atoms with E-state index >= 15 is 0 Å². The van der Waals surface area contributed by atoms with Gasteiger partial charge in [0, 0.05) is 23.9 Å². The summed E-state index contributed by atoms with van der Waals surface area (Å²) in [4.78, 5) is 0. The van der Waals surface area contributed by atoms with Crippen LogP contribution in [-0.4, -0.2) is 30.5 Å². The monoisotopic (exact) mass is 241 g/mol. The predicted octanol–water partition coefficient (Wildman–Crippen LogP) is 2.29. The molecule has 0 atom stereocenters. The third-order valence-corrected chi connectivity index (χ3v) is 3.22. The van der Waals surface area contributed by atoms with E-state index in [9.17, 15) is 5.11 Å². The van der Waals surface area contributed by atoms with Crippen LogP contribution in [0.25, 0.3) is 0 Å². The van der Waals surface area contributed by atoms with Gasteiger partial charge in [-0.15, -0.1) is 0 Å². The summed E-state index contributed by atoms with van der Waals surface area (Å²) >= 11 is 5.92. The molecule has 3 nitrogen and oxygen atoms in total. The second-order valence-electron chi connectivity index (χ2n) is 4.19. The van der Waals surface area contributed by atoms with E-state index in [2.05, 4.69) is 5.32 Å². The first-order valence-electron chi connectivity index (χ1n) is 5.46. The highest BCUT2D eigenvalue weighted by molar-refractivity contribution is 6.30. The largest absolute Gasteiger partial charge is 0.394 e. The maximum atomic E-state index is 9.52. The molecular weight excluding hydrogens is 226 g/mol. The highest BCUT2D eigenvalue weighted by Crippen LogP contribution is 2.26. The molecule has 1 saturated heterocycles. The van der Waals surface area contributed by atoms with Crippen molar-refractivity contribution < 1.29 is 9.84 Å². The number of anilines is 1. The average molecular weight is 242 g/mol. The Labute approximate surface area is 100 Å². The maximum Gasteiger partial charge on any atom is 0.0663 e. The third-order valence-electron chi connectivity index (χ3n) is 2.99. The molecule has 1 aromatic rings. The minimum absolute atomic E-state index is 0.114. The van der Waals surface area contributed by atoms with Gasteiger partial charge in [0.25, 0.3) is 0 Å². The Morgan fingerprint density at radius 1 is 1.38 bits per heavy atom. The van der Waals surface area contributed by atoms with E-state index in [-0.39, 0.29) is 12.1 Å². The van der Waals surface area contributed by atoms with Gasteiger partial charge in [-0.25, -0.2) is 0 Å². The molecule has 0 aromatic heterocycles. The first-order valence-corrected chi connectivity index (χ1v) is 5.84. The molecule has 16 heavy (non-hydrogen) atoms. The van der Waals surface area contributed by atoms with Crippen molar-refractivity contribution in [3.63, 3.8) is 0 Å². The van der Waals surface area contributed by atoms with E-state index in [4.69, 9.17) is 16.3 Å². The van der Waals surface area contributed by atoms with Crippen LogP contribution in [0.4, 0.5) is 5.69 Å². The molecule has 1 aliphatic rings. The minimum atomic E-state index is -0.261. The highest BCUT2D eigenvalue weighted by atomic mass is 35.5. The van der Waals surface area contributed by atoms with Crippen LogP contribution in [0.15, 0.2) is 24.3 Å². The Morgan fingerprint density at radius 3 is 2.75 bits per heavy atom. The van der Waals surface area contributed by atoms with Crippen molar-refractivity contribution in [2.75, 3.05) is 25.1 Å². The van der Waals surface area contributed by atoms with Crippen molar-refractivity contribution in [3.05, 3.63) is 29.3 Å². The summed E-state index contributed by atoms with van der Waals surface area (Å²) in [6, 6.07) is 7.56. The number of hydrogen-bond acceptors (Lipinski definition) is 3. The molecule has 0 bridgehead atoms. The number of rotatable bonds is 3. The van der Waals surface area contributed by atoms with Crippen LogP contribution in [0.1, 0.15) is 12.8 Å². The van der Waals surface area contributed by atoms with Crippen molar-refractivity contribution in [1.29, 1.82) is 0 Å². The summed E-state index contributed by atoms with van der Waals surface area (Å²) in [7, 11) is 0. The molecule has 1 aliphatic heterocycles. The van der Waals surface area contributed by atoms with Gasteiger partial charge in [0.05, 0.1) is 12.1 Å². The number of benzene rings is 1. The SMILES string of the molecule is OCC1(Nc2cccc(Cl)c2)CCOCC1.